The topological polar surface area (TPSA) is 100 Å². The average molecular weight is 446 g/mol. The molecule has 0 saturated carbocycles. The van der Waals surface area contributed by atoms with Gasteiger partial charge in [-0.15, -0.1) is 10.2 Å². The number of nitro groups is 1. The second-order valence-electron chi connectivity index (χ2n) is 6.72. The van der Waals surface area contributed by atoms with Gasteiger partial charge in [-0.25, -0.2) is 0 Å². The number of Topliss-reactive ketones (excluding diaryl/α,β-unsaturated/α-hetero) is 1. The van der Waals surface area contributed by atoms with E-state index in [2.05, 4.69) is 10.2 Å². The first-order valence-electron chi connectivity index (χ1n) is 9.62. The smallest absolute Gasteiger partial charge is 0.270 e. The van der Waals surface area contributed by atoms with Crippen LogP contribution < -0.4 is 4.74 Å². The molecule has 0 spiro atoms. The summed E-state index contributed by atoms with van der Waals surface area (Å²) in [6.07, 6.45) is 0. The van der Waals surface area contributed by atoms with E-state index in [-0.39, 0.29) is 22.8 Å². The third-order valence-electron chi connectivity index (χ3n) is 4.71. The van der Waals surface area contributed by atoms with Crippen molar-refractivity contribution in [3.8, 4) is 22.8 Å². The summed E-state index contributed by atoms with van der Waals surface area (Å²) in [5.41, 5.74) is 1.87. The number of aromatic nitrogens is 3. The molecule has 3 aromatic carbocycles. The van der Waals surface area contributed by atoms with Gasteiger partial charge >= 0.3 is 0 Å². The van der Waals surface area contributed by atoms with Gasteiger partial charge in [-0.1, -0.05) is 54.2 Å². The van der Waals surface area contributed by atoms with E-state index in [4.69, 9.17) is 4.74 Å². The van der Waals surface area contributed by atoms with Crippen molar-refractivity contribution in [2.24, 2.45) is 0 Å². The monoisotopic (exact) mass is 446 g/mol. The van der Waals surface area contributed by atoms with Crippen LogP contribution >= 0.6 is 11.8 Å². The van der Waals surface area contributed by atoms with Crippen molar-refractivity contribution >= 4 is 23.2 Å². The highest BCUT2D eigenvalue weighted by atomic mass is 32.2. The zero-order valence-corrected chi connectivity index (χ0v) is 17.9. The third-order valence-corrected chi connectivity index (χ3v) is 5.64. The van der Waals surface area contributed by atoms with Crippen LogP contribution in [-0.4, -0.2) is 38.3 Å². The fourth-order valence-corrected chi connectivity index (χ4v) is 3.95. The van der Waals surface area contributed by atoms with Crippen molar-refractivity contribution in [3.63, 3.8) is 0 Å². The quantitative estimate of drug-likeness (QED) is 0.165. The molecular formula is C23H18N4O4S. The molecule has 0 amide bonds. The van der Waals surface area contributed by atoms with Crippen molar-refractivity contribution in [1.29, 1.82) is 0 Å². The minimum atomic E-state index is -0.517. The minimum Gasteiger partial charge on any atom is -0.497 e. The van der Waals surface area contributed by atoms with E-state index < -0.39 is 4.92 Å². The number of carbonyl (C=O) groups is 1. The normalized spacial score (nSPS) is 10.7. The molecule has 8 nitrogen and oxygen atoms in total. The SMILES string of the molecule is COc1ccc(-n2c(SCC(=O)c3cccc([N+](=O)[O-])c3)nnc2-c2ccccc2)cc1. The summed E-state index contributed by atoms with van der Waals surface area (Å²) in [6.45, 7) is 0. The number of nitrogens with zero attached hydrogens (tertiary/aromatic N) is 4. The summed E-state index contributed by atoms with van der Waals surface area (Å²) in [7, 11) is 1.60. The van der Waals surface area contributed by atoms with Gasteiger partial charge in [0.25, 0.3) is 5.69 Å². The number of thioether (sulfide) groups is 1. The summed E-state index contributed by atoms with van der Waals surface area (Å²) < 4.78 is 7.12. The van der Waals surface area contributed by atoms with Crippen LogP contribution in [0.3, 0.4) is 0 Å². The maximum absolute atomic E-state index is 12.7. The summed E-state index contributed by atoms with van der Waals surface area (Å²) in [4.78, 5) is 23.2. The Bertz CT molecular complexity index is 1260. The van der Waals surface area contributed by atoms with E-state index in [1.54, 1.807) is 13.2 Å². The number of hydrogen-bond donors (Lipinski definition) is 0. The van der Waals surface area contributed by atoms with Gasteiger partial charge in [-0.3, -0.25) is 19.5 Å². The first kappa shape index (κ1) is 21.3. The molecule has 4 rings (SSSR count). The van der Waals surface area contributed by atoms with E-state index in [0.717, 1.165) is 17.0 Å². The average Bonchev–Trinajstić information content (AvgIpc) is 3.27. The Kier molecular flexibility index (Phi) is 6.27. The second-order valence-corrected chi connectivity index (χ2v) is 7.67. The summed E-state index contributed by atoms with van der Waals surface area (Å²) in [6, 6.07) is 22.8. The number of non-ortho nitro benzene ring substituents is 1. The van der Waals surface area contributed by atoms with Crippen LogP contribution in [0.15, 0.2) is 84.0 Å². The van der Waals surface area contributed by atoms with Gasteiger partial charge in [0.2, 0.25) is 0 Å². The highest BCUT2D eigenvalue weighted by Gasteiger charge is 2.18. The molecule has 1 heterocycles. The zero-order valence-electron chi connectivity index (χ0n) is 17.0. The zero-order chi connectivity index (χ0) is 22.5. The third kappa shape index (κ3) is 4.52. The van der Waals surface area contributed by atoms with Crippen molar-refractivity contribution in [3.05, 3.63) is 94.5 Å². The van der Waals surface area contributed by atoms with Crippen LogP contribution in [0.25, 0.3) is 17.1 Å². The first-order valence-corrected chi connectivity index (χ1v) is 10.6. The minimum absolute atomic E-state index is 0.0598. The summed E-state index contributed by atoms with van der Waals surface area (Å²) in [5, 5.41) is 20.2. The number of methoxy groups -OCH3 is 1. The molecule has 4 aromatic rings. The van der Waals surface area contributed by atoms with Gasteiger partial charge < -0.3 is 4.74 Å². The molecule has 0 aliphatic carbocycles. The fourth-order valence-electron chi connectivity index (χ4n) is 3.11. The molecular weight excluding hydrogens is 428 g/mol. The lowest BCUT2D eigenvalue weighted by Gasteiger charge is -2.11. The van der Waals surface area contributed by atoms with Crippen molar-refractivity contribution in [2.75, 3.05) is 12.9 Å². The van der Waals surface area contributed by atoms with Crippen LogP contribution in [0.5, 0.6) is 5.75 Å². The Morgan fingerprint density at radius 1 is 1.03 bits per heavy atom. The van der Waals surface area contributed by atoms with Gasteiger partial charge in [0, 0.05) is 28.9 Å². The van der Waals surface area contributed by atoms with E-state index in [0.29, 0.717) is 11.0 Å². The van der Waals surface area contributed by atoms with Gasteiger partial charge in [0.15, 0.2) is 16.8 Å². The van der Waals surface area contributed by atoms with Gasteiger partial charge in [0.05, 0.1) is 17.8 Å². The summed E-state index contributed by atoms with van der Waals surface area (Å²) >= 11 is 1.22. The number of benzene rings is 3. The fraction of sp³-hybridized carbons (Fsp3) is 0.0870. The lowest BCUT2D eigenvalue weighted by molar-refractivity contribution is -0.384. The van der Waals surface area contributed by atoms with Crippen LogP contribution in [0.2, 0.25) is 0 Å². The molecule has 0 unspecified atom stereocenters. The van der Waals surface area contributed by atoms with Gasteiger partial charge in [0.1, 0.15) is 5.75 Å². The van der Waals surface area contributed by atoms with E-state index in [1.165, 1.54) is 30.0 Å². The number of ketones is 1. The van der Waals surface area contributed by atoms with Crippen LogP contribution in [0.4, 0.5) is 5.69 Å². The Hall–Kier alpha value is -3.98. The molecule has 0 N–H and O–H groups in total. The molecule has 160 valence electrons. The van der Waals surface area contributed by atoms with Crippen molar-refractivity contribution in [2.45, 2.75) is 5.16 Å². The molecule has 0 aliphatic heterocycles. The predicted octanol–water partition coefficient (Wildman–Crippen LogP) is 4.83. The largest absolute Gasteiger partial charge is 0.497 e. The number of hydrogen-bond acceptors (Lipinski definition) is 7. The Morgan fingerprint density at radius 2 is 1.78 bits per heavy atom. The maximum atomic E-state index is 12.7. The number of rotatable bonds is 8. The lowest BCUT2D eigenvalue weighted by atomic mass is 10.1. The van der Waals surface area contributed by atoms with E-state index in [1.807, 2.05) is 59.2 Å². The van der Waals surface area contributed by atoms with Crippen molar-refractivity contribution < 1.29 is 14.5 Å². The second kappa shape index (κ2) is 9.44. The maximum Gasteiger partial charge on any atom is 0.270 e. The van der Waals surface area contributed by atoms with Crippen LogP contribution in [-0.2, 0) is 0 Å². The Labute approximate surface area is 188 Å². The lowest BCUT2D eigenvalue weighted by Crippen LogP contribution is -2.05. The standard InChI is InChI=1S/C23H18N4O4S/c1-31-20-12-10-18(11-13-20)26-22(16-6-3-2-4-7-16)24-25-23(26)32-15-21(28)17-8-5-9-19(14-17)27(29)30/h2-14H,15H2,1H3. The molecule has 0 bridgehead atoms. The molecule has 0 atom stereocenters. The van der Waals surface area contributed by atoms with Crippen molar-refractivity contribution in [1.82, 2.24) is 14.8 Å². The number of nitro benzene ring substituents is 1. The highest BCUT2D eigenvalue weighted by molar-refractivity contribution is 7.99. The Balaban J connectivity index is 1.65. The molecule has 32 heavy (non-hydrogen) atoms. The number of ether oxygens (including phenoxy) is 1. The van der Waals surface area contributed by atoms with E-state index in [9.17, 15) is 14.9 Å². The molecule has 0 saturated heterocycles. The molecule has 9 heteroatoms. The number of carbonyl (C=O) groups excluding carboxylic acids is 1. The molecule has 0 fully saturated rings. The van der Waals surface area contributed by atoms with Crippen LogP contribution in [0.1, 0.15) is 10.4 Å². The molecule has 0 aliphatic rings. The van der Waals surface area contributed by atoms with E-state index >= 15 is 0 Å². The first-order chi connectivity index (χ1) is 15.6. The van der Waals surface area contributed by atoms with Gasteiger partial charge in [-0.05, 0) is 24.3 Å². The Morgan fingerprint density at radius 3 is 2.47 bits per heavy atom. The summed E-state index contributed by atoms with van der Waals surface area (Å²) in [5.74, 6) is 1.19. The molecule has 0 radical (unpaired) electrons. The van der Waals surface area contributed by atoms with Crippen LogP contribution in [0, 0.1) is 10.1 Å². The van der Waals surface area contributed by atoms with Gasteiger partial charge in [-0.2, -0.15) is 0 Å². The predicted molar refractivity (Wildman–Crippen MR) is 121 cm³/mol. The highest BCUT2D eigenvalue weighted by Crippen LogP contribution is 2.29. The molecule has 1 aromatic heterocycles.